The molecule has 1 heterocycles. The van der Waals surface area contributed by atoms with Gasteiger partial charge in [-0.1, -0.05) is 44.2 Å². The second-order valence-electron chi connectivity index (χ2n) is 6.63. The maximum Gasteiger partial charge on any atom is 0.409 e. The second kappa shape index (κ2) is 8.71. The number of hydrogen-bond acceptors (Lipinski definition) is 3. The van der Waals surface area contributed by atoms with E-state index in [-0.39, 0.29) is 24.0 Å². The van der Waals surface area contributed by atoms with Crippen molar-refractivity contribution < 1.29 is 14.3 Å². The summed E-state index contributed by atoms with van der Waals surface area (Å²) >= 11 is 0. The van der Waals surface area contributed by atoms with Gasteiger partial charge in [-0.2, -0.15) is 0 Å². The maximum absolute atomic E-state index is 12.7. The van der Waals surface area contributed by atoms with Crippen molar-refractivity contribution >= 4 is 12.0 Å². The zero-order valence-corrected chi connectivity index (χ0v) is 14.8. The van der Waals surface area contributed by atoms with Crippen LogP contribution in [0.5, 0.6) is 0 Å². The summed E-state index contributed by atoms with van der Waals surface area (Å²) in [4.78, 5) is 26.3. The normalized spacial score (nSPS) is 19.0. The largest absolute Gasteiger partial charge is 0.450 e. The minimum Gasteiger partial charge on any atom is -0.450 e. The number of piperidine rings is 1. The molecule has 5 heteroatoms. The van der Waals surface area contributed by atoms with Gasteiger partial charge in [0.15, 0.2) is 0 Å². The standard InChI is InChI=1S/C19H28N2O3/c1-4-24-19(23)21-12-8-11-16(13-21)18(22)20-17(14(2)3)15-9-6-5-7-10-15/h5-7,9-10,14,16-17H,4,8,11-13H2,1-3H3,(H,20,22). The Bertz CT molecular complexity index is 545. The Labute approximate surface area is 144 Å². The summed E-state index contributed by atoms with van der Waals surface area (Å²) < 4.78 is 5.05. The molecule has 5 nitrogen and oxygen atoms in total. The van der Waals surface area contributed by atoms with Gasteiger partial charge in [0.05, 0.1) is 18.6 Å². The highest BCUT2D eigenvalue weighted by atomic mass is 16.6. The highest BCUT2D eigenvalue weighted by Gasteiger charge is 2.30. The van der Waals surface area contributed by atoms with E-state index in [0.29, 0.717) is 25.6 Å². The number of likely N-dealkylation sites (tertiary alicyclic amines) is 1. The monoisotopic (exact) mass is 332 g/mol. The first-order valence-electron chi connectivity index (χ1n) is 8.80. The summed E-state index contributed by atoms with van der Waals surface area (Å²) in [6.07, 6.45) is 1.31. The number of benzene rings is 1. The van der Waals surface area contributed by atoms with Gasteiger partial charge in [0, 0.05) is 13.1 Å². The van der Waals surface area contributed by atoms with Crippen molar-refractivity contribution in [3.8, 4) is 0 Å². The first-order valence-corrected chi connectivity index (χ1v) is 8.80. The summed E-state index contributed by atoms with van der Waals surface area (Å²) in [6.45, 7) is 7.45. The molecule has 24 heavy (non-hydrogen) atoms. The van der Waals surface area contributed by atoms with Gasteiger partial charge in [-0.15, -0.1) is 0 Å². The number of carbonyl (C=O) groups is 2. The Hall–Kier alpha value is -2.04. The van der Waals surface area contributed by atoms with Gasteiger partial charge in [0.1, 0.15) is 0 Å². The van der Waals surface area contributed by atoms with Crippen molar-refractivity contribution in [1.29, 1.82) is 0 Å². The average molecular weight is 332 g/mol. The van der Waals surface area contributed by atoms with Crippen LogP contribution in [-0.2, 0) is 9.53 Å². The van der Waals surface area contributed by atoms with Gasteiger partial charge < -0.3 is 15.0 Å². The molecule has 0 radical (unpaired) electrons. The lowest BCUT2D eigenvalue weighted by Gasteiger charge is -2.33. The average Bonchev–Trinajstić information content (AvgIpc) is 2.60. The van der Waals surface area contributed by atoms with E-state index in [9.17, 15) is 9.59 Å². The molecule has 132 valence electrons. The molecule has 1 fully saturated rings. The number of amides is 2. The zero-order valence-electron chi connectivity index (χ0n) is 14.8. The van der Waals surface area contributed by atoms with Crippen molar-refractivity contribution in [2.75, 3.05) is 19.7 Å². The molecule has 2 atom stereocenters. The van der Waals surface area contributed by atoms with Gasteiger partial charge in [-0.3, -0.25) is 4.79 Å². The zero-order chi connectivity index (χ0) is 17.5. The van der Waals surface area contributed by atoms with Crippen molar-refractivity contribution in [3.63, 3.8) is 0 Å². The van der Waals surface area contributed by atoms with Crippen LogP contribution in [0.4, 0.5) is 4.79 Å². The summed E-state index contributed by atoms with van der Waals surface area (Å²) in [5.74, 6) is 0.140. The topological polar surface area (TPSA) is 58.6 Å². The third-order valence-corrected chi connectivity index (χ3v) is 4.44. The highest BCUT2D eigenvalue weighted by molar-refractivity contribution is 5.80. The van der Waals surface area contributed by atoms with E-state index >= 15 is 0 Å². The number of hydrogen-bond donors (Lipinski definition) is 1. The van der Waals surface area contributed by atoms with Crippen LogP contribution in [0.25, 0.3) is 0 Å². The summed E-state index contributed by atoms with van der Waals surface area (Å²) in [6, 6.07) is 10.0. The highest BCUT2D eigenvalue weighted by Crippen LogP contribution is 2.24. The fourth-order valence-corrected chi connectivity index (χ4v) is 3.14. The minimum absolute atomic E-state index is 0.0170. The molecule has 1 aromatic carbocycles. The van der Waals surface area contributed by atoms with E-state index in [4.69, 9.17) is 4.74 Å². The van der Waals surface area contributed by atoms with Crippen molar-refractivity contribution in [2.45, 2.75) is 39.7 Å². The van der Waals surface area contributed by atoms with E-state index in [2.05, 4.69) is 19.2 Å². The van der Waals surface area contributed by atoms with Crippen molar-refractivity contribution in [1.82, 2.24) is 10.2 Å². The predicted molar refractivity (Wildman–Crippen MR) is 93.5 cm³/mol. The van der Waals surface area contributed by atoms with Crippen LogP contribution in [0.15, 0.2) is 30.3 Å². The van der Waals surface area contributed by atoms with Gasteiger partial charge in [-0.05, 0) is 31.2 Å². The Balaban J connectivity index is 2.00. The number of nitrogens with one attached hydrogen (secondary N) is 1. The molecule has 1 N–H and O–H groups in total. The Morgan fingerprint density at radius 1 is 1.29 bits per heavy atom. The molecular weight excluding hydrogens is 304 g/mol. The van der Waals surface area contributed by atoms with Crippen LogP contribution in [-0.4, -0.2) is 36.6 Å². The summed E-state index contributed by atoms with van der Waals surface area (Å²) in [7, 11) is 0. The van der Waals surface area contributed by atoms with Gasteiger partial charge in [-0.25, -0.2) is 4.79 Å². The number of rotatable bonds is 5. The first-order chi connectivity index (χ1) is 11.5. The lowest BCUT2D eigenvalue weighted by molar-refractivity contribution is -0.127. The van der Waals surface area contributed by atoms with E-state index in [1.165, 1.54) is 0 Å². The molecule has 1 saturated heterocycles. The van der Waals surface area contributed by atoms with Gasteiger partial charge in [0.2, 0.25) is 5.91 Å². The summed E-state index contributed by atoms with van der Waals surface area (Å²) in [5, 5.41) is 3.18. The molecule has 0 aromatic heterocycles. The van der Waals surface area contributed by atoms with Crippen LogP contribution in [0.1, 0.15) is 45.2 Å². The van der Waals surface area contributed by atoms with Crippen molar-refractivity contribution in [2.24, 2.45) is 11.8 Å². The van der Waals surface area contributed by atoms with E-state index in [1.807, 2.05) is 30.3 Å². The van der Waals surface area contributed by atoms with Crippen molar-refractivity contribution in [3.05, 3.63) is 35.9 Å². The Morgan fingerprint density at radius 2 is 2.00 bits per heavy atom. The van der Waals surface area contributed by atoms with E-state index in [0.717, 1.165) is 18.4 Å². The molecule has 0 aliphatic carbocycles. The number of ether oxygens (including phenoxy) is 1. The van der Waals surface area contributed by atoms with Gasteiger partial charge >= 0.3 is 6.09 Å². The Morgan fingerprint density at radius 3 is 2.62 bits per heavy atom. The number of nitrogens with zero attached hydrogens (tertiary/aromatic N) is 1. The molecule has 2 amide bonds. The molecule has 1 aromatic rings. The molecule has 1 aliphatic heterocycles. The van der Waals surface area contributed by atoms with E-state index < -0.39 is 0 Å². The fourth-order valence-electron chi connectivity index (χ4n) is 3.14. The molecular formula is C19H28N2O3. The first kappa shape index (κ1) is 18.3. The molecule has 0 spiro atoms. The SMILES string of the molecule is CCOC(=O)N1CCCC(C(=O)NC(c2ccccc2)C(C)C)C1. The molecule has 0 bridgehead atoms. The van der Waals surface area contributed by atoms with Crippen LogP contribution < -0.4 is 5.32 Å². The lowest BCUT2D eigenvalue weighted by Crippen LogP contribution is -2.46. The lowest BCUT2D eigenvalue weighted by atomic mass is 9.93. The predicted octanol–water partition coefficient (Wildman–Crippen LogP) is 3.37. The minimum atomic E-state index is -0.321. The quantitative estimate of drug-likeness (QED) is 0.899. The number of carbonyl (C=O) groups excluding carboxylic acids is 2. The Kier molecular flexibility index (Phi) is 6.64. The van der Waals surface area contributed by atoms with E-state index in [1.54, 1.807) is 11.8 Å². The van der Waals surface area contributed by atoms with Crippen LogP contribution in [0, 0.1) is 11.8 Å². The molecule has 1 aliphatic rings. The maximum atomic E-state index is 12.7. The third kappa shape index (κ3) is 4.73. The van der Waals surface area contributed by atoms with Crippen LogP contribution in [0.3, 0.4) is 0 Å². The van der Waals surface area contributed by atoms with Gasteiger partial charge in [0.25, 0.3) is 0 Å². The summed E-state index contributed by atoms with van der Waals surface area (Å²) in [5.41, 5.74) is 1.11. The molecule has 2 rings (SSSR count). The molecule has 2 unspecified atom stereocenters. The van der Waals surface area contributed by atoms with Crippen LogP contribution >= 0.6 is 0 Å². The molecule has 0 saturated carbocycles. The fraction of sp³-hybridized carbons (Fsp3) is 0.579. The van der Waals surface area contributed by atoms with Crippen LogP contribution in [0.2, 0.25) is 0 Å². The second-order valence-corrected chi connectivity index (χ2v) is 6.63. The third-order valence-electron chi connectivity index (χ3n) is 4.44. The smallest absolute Gasteiger partial charge is 0.409 e.